The first kappa shape index (κ1) is 12.1. The lowest BCUT2D eigenvalue weighted by Gasteiger charge is -2.08. The van der Waals surface area contributed by atoms with Gasteiger partial charge in [0.25, 0.3) is 0 Å². The quantitative estimate of drug-likeness (QED) is 0.636. The van der Waals surface area contributed by atoms with Crippen LogP contribution in [-0.4, -0.2) is 32.2 Å². The summed E-state index contributed by atoms with van der Waals surface area (Å²) in [6.07, 6.45) is 3.41. The molecule has 0 bridgehead atoms. The molecule has 0 saturated carbocycles. The third-order valence-electron chi connectivity index (χ3n) is 2.59. The molecule has 0 amide bonds. The molecule has 6 nitrogen and oxygen atoms in total. The number of phenolic OH excluding ortho intramolecular Hbond substituents is 1. The highest BCUT2D eigenvalue weighted by atomic mass is 16.4. The molecule has 1 atom stereocenters. The van der Waals surface area contributed by atoms with E-state index < -0.39 is 12.0 Å². The summed E-state index contributed by atoms with van der Waals surface area (Å²) in [6, 6.07) is 3.86. The van der Waals surface area contributed by atoms with E-state index in [0.29, 0.717) is 11.4 Å². The molecule has 18 heavy (non-hydrogen) atoms. The maximum atomic E-state index is 10.7. The highest BCUT2D eigenvalue weighted by Gasteiger charge is 2.14. The van der Waals surface area contributed by atoms with Crippen LogP contribution in [-0.2, 0) is 11.2 Å². The number of carboxylic acids is 1. The predicted molar refractivity (Wildman–Crippen MR) is 65.0 cm³/mol. The van der Waals surface area contributed by atoms with E-state index in [1.54, 1.807) is 24.5 Å². The van der Waals surface area contributed by atoms with Crippen LogP contribution in [0.1, 0.15) is 5.56 Å². The smallest absolute Gasteiger partial charge is 0.320 e. The number of H-pyrrole nitrogens is 1. The zero-order chi connectivity index (χ0) is 13.1. The molecule has 0 spiro atoms. The van der Waals surface area contributed by atoms with Gasteiger partial charge in [0.1, 0.15) is 17.6 Å². The van der Waals surface area contributed by atoms with E-state index in [2.05, 4.69) is 9.97 Å². The lowest BCUT2D eigenvalue weighted by Crippen LogP contribution is -2.32. The second-order valence-corrected chi connectivity index (χ2v) is 3.94. The number of aromatic nitrogens is 2. The number of hydrogen-bond donors (Lipinski definition) is 4. The Hall–Kier alpha value is -2.34. The Morgan fingerprint density at radius 1 is 1.50 bits per heavy atom. The second-order valence-electron chi connectivity index (χ2n) is 3.94. The minimum absolute atomic E-state index is 0.0811. The Kier molecular flexibility index (Phi) is 3.29. The highest BCUT2D eigenvalue weighted by Crippen LogP contribution is 2.27. The summed E-state index contributed by atoms with van der Waals surface area (Å²) in [5.41, 5.74) is 6.72. The van der Waals surface area contributed by atoms with Crippen molar-refractivity contribution in [3.8, 4) is 17.1 Å². The van der Waals surface area contributed by atoms with Crippen molar-refractivity contribution in [3.05, 3.63) is 36.2 Å². The van der Waals surface area contributed by atoms with Crippen molar-refractivity contribution in [2.45, 2.75) is 12.5 Å². The summed E-state index contributed by atoms with van der Waals surface area (Å²) in [5.74, 6) is -0.446. The van der Waals surface area contributed by atoms with Crippen LogP contribution in [0.2, 0.25) is 0 Å². The number of rotatable bonds is 4. The maximum Gasteiger partial charge on any atom is 0.320 e. The van der Waals surface area contributed by atoms with Crippen LogP contribution in [0.3, 0.4) is 0 Å². The van der Waals surface area contributed by atoms with Crippen LogP contribution in [0.5, 0.6) is 5.75 Å². The molecule has 1 aromatic heterocycles. The molecule has 1 aromatic carbocycles. The zero-order valence-electron chi connectivity index (χ0n) is 9.50. The molecule has 0 aliphatic rings. The number of carbonyl (C=O) groups is 1. The van der Waals surface area contributed by atoms with Crippen molar-refractivity contribution < 1.29 is 15.0 Å². The maximum absolute atomic E-state index is 10.7. The second kappa shape index (κ2) is 4.89. The number of benzene rings is 1. The van der Waals surface area contributed by atoms with Crippen LogP contribution in [0.15, 0.2) is 30.6 Å². The summed E-state index contributed by atoms with van der Waals surface area (Å²) in [7, 11) is 0. The molecule has 5 N–H and O–H groups in total. The van der Waals surface area contributed by atoms with E-state index in [0.717, 1.165) is 5.56 Å². The molecule has 2 aromatic rings. The third-order valence-corrected chi connectivity index (χ3v) is 2.59. The van der Waals surface area contributed by atoms with Gasteiger partial charge in [-0.2, -0.15) is 0 Å². The number of aliphatic carboxylic acids is 1. The summed E-state index contributed by atoms with van der Waals surface area (Å²) in [6.45, 7) is 0. The van der Waals surface area contributed by atoms with Crippen LogP contribution in [0.4, 0.5) is 0 Å². The molecule has 0 fully saturated rings. The van der Waals surface area contributed by atoms with Crippen LogP contribution in [0, 0.1) is 0 Å². The lowest BCUT2D eigenvalue weighted by molar-refractivity contribution is -0.138. The van der Waals surface area contributed by atoms with Gasteiger partial charge < -0.3 is 20.9 Å². The topological polar surface area (TPSA) is 112 Å². The molecule has 1 unspecified atom stereocenters. The number of nitrogens with one attached hydrogen (secondary N) is 1. The molecular weight excluding hydrogens is 234 g/mol. The van der Waals surface area contributed by atoms with Crippen LogP contribution >= 0.6 is 0 Å². The fourth-order valence-corrected chi connectivity index (χ4v) is 1.65. The number of aromatic hydroxyl groups is 1. The molecule has 0 aliphatic heterocycles. The van der Waals surface area contributed by atoms with E-state index in [-0.39, 0.29) is 12.2 Å². The van der Waals surface area contributed by atoms with E-state index in [1.165, 1.54) is 6.07 Å². The highest BCUT2D eigenvalue weighted by molar-refractivity contribution is 5.74. The molecule has 0 radical (unpaired) electrons. The van der Waals surface area contributed by atoms with Crippen molar-refractivity contribution in [1.82, 2.24) is 9.97 Å². The number of nitrogens with zero attached hydrogens (tertiary/aromatic N) is 1. The van der Waals surface area contributed by atoms with Gasteiger partial charge in [0.2, 0.25) is 0 Å². The molecule has 0 saturated heterocycles. The number of carboxylic acid groups (broad SMARTS) is 1. The van der Waals surface area contributed by atoms with Crippen molar-refractivity contribution in [2.24, 2.45) is 5.73 Å². The van der Waals surface area contributed by atoms with Gasteiger partial charge in [0.15, 0.2) is 0 Å². The minimum Gasteiger partial charge on any atom is -0.507 e. The average molecular weight is 247 g/mol. The van der Waals surface area contributed by atoms with E-state index >= 15 is 0 Å². The summed E-state index contributed by atoms with van der Waals surface area (Å²) in [4.78, 5) is 17.6. The van der Waals surface area contributed by atoms with Crippen LogP contribution < -0.4 is 5.73 Å². The van der Waals surface area contributed by atoms with Gasteiger partial charge in [-0.1, -0.05) is 6.07 Å². The van der Waals surface area contributed by atoms with Gasteiger partial charge in [-0.05, 0) is 24.1 Å². The van der Waals surface area contributed by atoms with Crippen molar-refractivity contribution in [2.75, 3.05) is 0 Å². The predicted octanol–water partition coefficient (Wildman–Crippen LogP) is 0.737. The molecule has 0 aliphatic carbocycles. The molecule has 94 valence electrons. The Bertz CT molecular complexity index is 552. The monoisotopic (exact) mass is 247 g/mol. The molecule has 6 heteroatoms. The molecular formula is C12H13N3O3. The molecule has 1 heterocycles. The van der Waals surface area contributed by atoms with E-state index in [4.69, 9.17) is 10.8 Å². The number of nitrogens with two attached hydrogens (primary N) is 1. The van der Waals surface area contributed by atoms with Crippen LogP contribution in [0.25, 0.3) is 11.4 Å². The number of imidazole rings is 1. The lowest BCUT2D eigenvalue weighted by atomic mass is 10.0. The number of aromatic amines is 1. The fourth-order valence-electron chi connectivity index (χ4n) is 1.65. The summed E-state index contributed by atoms with van der Waals surface area (Å²) < 4.78 is 0. The first-order valence-corrected chi connectivity index (χ1v) is 5.38. The van der Waals surface area contributed by atoms with Gasteiger partial charge in [0, 0.05) is 12.4 Å². The largest absolute Gasteiger partial charge is 0.507 e. The Morgan fingerprint density at radius 2 is 2.28 bits per heavy atom. The Balaban J connectivity index is 2.30. The number of phenols is 1. The summed E-state index contributed by atoms with van der Waals surface area (Å²) in [5, 5.41) is 18.5. The van der Waals surface area contributed by atoms with Crippen molar-refractivity contribution in [3.63, 3.8) is 0 Å². The van der Waals surface area contributed by atoms with Gasteiger partial charge in [-0.3, -0.25) is 4.79 Å². The Labute approximate surface area is 103 Å². The van der Waals surface area contributed by atoms with E-state index in [9.17, 15) is 9.90 Å². The van der Waals surface area contributed by atoms with Gasteiger partial charge in [-0.15, -0.1) is 0 Å². The average Bonchev–Trinajstić information content (AvgIpc) is 2.85. The van der Waals surface area contributed by atoms with Crippen molar-refractivity contribution in [1.29, 1.82) is 0 Å². The SMILES string of the molecule is NC(Cc1ccc(O)c(-c2ncc[nH]2)c1)C(=O)O. The Morgan fingerprint density at radius 3 is 2.89 bits per heavy atom. The summed E-state index contributed by atoms with van der Waals surface area (Å²) >= 11 is 0. The molecule has 2 rings (SSSR count). The fraction of sp³-hybridized carbons (Fsp3) is 0.167. The number of hydrogen-bond acceptors (Lipinski definition) is 4. The first-order chi connectivity index (χ1) is 8.58. The van der Waals surface area contributed by atoms with Gasteiger partial charge in [0.05, 0.1) is 5.56 Å². The third kappa shape index (κ3) is 2.49. The standard InChI is InChI=1S/C12H13N3O3/c13-9(12(17)18)6-7-1-2-10(16)8(5-7)11-14-3-4-15-11/h1-5,9,16H,6,13H2,(H,14,15)(H,17,18). The zero-order valence-corrected chi connectivity index (χ0v) is 9.50. The van der Waals surface area contributed by atoms with Crippen molar-refractivity contribution >= 4 is 5.97 Å². The normalized spacial score (nSPS) is 12.3. The first-order valence-electron chi connectivity index (χ1n) is 5.38. The van der Waals surface area contributed by atoms with E-state index in [1.807, 2.05) is 0 Å². The minimum atomic E-state index is -1.05. The van der Waals surface area contributed by atoms with Gasteiger partial charge in [-0.25, -0.2) is 4.98 Å². The van der Waals surface area contributed by atoms with Gasteiger partial charge >= 0.3 is 5.97 Å².